The van der Waals surface area contributed by atoms with Gasteiger partial charge in [0.1, 0.15) is 4.21 Å². The van der Waals surface area contributed by atoms with E-state index in [4.69, 9.17) is 0 Å². The molecule has 2 heterocycles. The Morgan fingerprint density at radius 3 is 2.55 bits per heavy atom. The fourth-order valence-corrected chi connectivity index (χ4v) is 6.13. The van der Waals surface area contributed by atoms with E-state index in [9.17, 15) is 8.42 Å². The SMILES string of the molecule is CCNCc1ccc(S(=O)(=O)N2[C@H](C)CCC[C@@H]2C)s1. The van der Waals surface area contributed by atoms with Crippen molar-refractivity contribution in [3.05, 3.63) is 17.0 Å². The number of hydrogen-bond acceptors (Lipinski definition) is 4. The maximum atomic E-state index is 12.8. The van der Waals surface area contributed by atoms with Crippen molar-refractivity contribution in [2.75, 3.05) is 6.54 Å². The molecule has 0 aliphatic carbocycles. The van der Waals surface area contributed by atoms with Crippen LogP contribution in [0.2, 0.25) is 0 Å². The summed E-state index contributed by atoms with van der Waals surface area (Å²) in [6, 6.07) is 3.87. The Morgan fingerprint density at radius 2 is 1.95 bits per heavy atom. The average molecular weight is 316 g/mol. The van der Waals surface area contributed by atoms with E-state index in [1.807, 2.05) is 26.8 Å². The molecule has 0 bridgehead atoms. The zero-order valence-electron chi connectivity index (χ0n) is 12.4. The maximum Gasteiger partial charge on any atom is 0.253 e. The first kappa shape index (κ1) is 15.9. The standard InChI is InChI=1S/C14H24N2O2S2/c1-4-15-10-13-8-9-14(19-13)20(17,18)16-11(2)6-5-7-12(16)3/h8-9,11-12,15H,4-7,10H2,1-3H3/t11-,12+. The van der Waals surface area contributed by atoms with Gasteiger partial charge in [0.05, 0.1) is 0 Å². The molecule has 1 fully saturated rings. The second-order valence-corrected chi connectivity index (χ2v) is 8.70. The van der Waals surface area contributed by atoms with Gasteiger partial charge in [0.15, 0.2) is 0 Å². The molecule has 0 unspecified atom stereocenters. The van der Waals surface area contributed by atoms with E-state index in [-0.39, 0.29) is 12.1 Å². The third-order valence-electron chi connectivity index (χ3n) is 3.83. The average Bonchev–Trinajstić information content (AvgIpc) is 2.85. The molecule has 0 aromatic carbocycles. The van der Waals surface area contributed by atoms with E-state index in [2.05, 4.69) is 5.32 Å². The summed E-state index contributed by atoms with van der Waals surface area (Å²) < 4.78 is 27.8. The number of rotatable bonds is 5. The lowest BCUT2D eigenvalue weighted by atomic mass is 10.0. The molecule has 1 aliphatic heterocycles. The van der Waals surface area contributed by atoms with Crippen LogP contribution in [0.25, 0.3) is 0 Å². The summed E-state index contributed by atoms with van der Waals surface area (Å²) in [5, 5.41) is 3.23. The zero-order valence-corrected chi connectivity index (χ0v) is 14.1. The Balaban J connectivity index is 2.22. The first-order chi connectivity index (χ1) is 9.46. The predicted molar refractivity (Wildman–Crippen MR) is 83.5 cm³/mol. The minimum Gasteiger partial charge on any atom is -0.312 e. The maximum absolute atomic E-state index is 12.8. The van der Waals surface area contributed by atoms with Crippen molar-refractivity contribution in [1.82, 2.24) is 9.62 Å². The fraction of sp³-hybridized carbons (Fsp3) is 0.714. The number of nitrogens with zero attached hydrogens (tertiary/aromatic N) is 1. The second-order valence-electron chi connectivity index (χ2n) is 5.46. The highest BCUT2D eigenvalue weighted by Crippen LogP contribution is 2.32. The smallest absolute Gasteiger partial charge is 0.253 e. The molecule has 2 rings (SSSR count). The number of piperidine rings is 1. The topological polar surface area (TPSA) is 49.4 Å². The van der Waals surface area contributed by atoms with Crippen molar-refractivity contribution in [3.63, 3.8) is 0 Å². The van der Waals surface area contributed by atoms with Crippen molar-refractivity contribution in [1.29, 1.82) is 0 Å². The molecule has 6 heteroatoms. The molecule has 4 nitrogen and oxygen atoms in total. The van der Waals surface area contributed by atoms with Crippen LogP contribution in [-0.4, -0.2) is 31.4 Å². The highest BCUT2D eigenvalue weighted by atomic mass is 32.2. The summed E-state index contributed by atoms with van der Waals surface area (Å²) in [6.45, 7) is 7.70. The zero-order chi connectivity index (χ0) is 14.8. The Bertz CT molecular complexity index is 529. The Morgan fingerprint density at radius 1 is 1.30 bits per heavy atom. The predicted octanol–water partition coefficient (Wildman–Crippen LogP) is 2.81. The summed E-state index contributed by atoms with van der Waals surface area (Å²) >= 11 is 1.39. The molecule has 114 valence electrons. The van der Waals surface area contributed by atoms with Crippen LogP contribution in [0.1, 0.15) is 44.9 Å². The molecule has 0 spiro atoms. The van der Waals surface area contributed by atoms with Crippen LogP contribution in [0.5, 0.6) is 0 Å². The summed E-state index contributed by atoms with van der Waals surface area (Å²) in [6.07, 6.45) is 3.03. The Hall–Kier alpha value is -0.430. The molecule has 0 radical (unpaired) electrons. The monoisotopic (exact) mass is 316 g/mol. The molecule has 1 N–H and O–H groups in total. The van der Waals surface area contributed by atoms with Gasteiger partial charge in [0, 0.05) is 23.5 Å². The quantitative estimate of drug-likeness (QED) is 0.909. The fourth-order valence-electron chi connectivity index (χ4n) is 2.82. The van der Waals surface area contributed by atoms with Crippen LogP contribution >= 0.6 is 11.3 Å². The van der Waals surface area contributed by atoms with Crippen LogP contribution in [0, 0.1) is 0 Å². The van der Waals surface area contributed by atoms with E-state index in [1.54, 1.807) is 10.4 Å². The lowest BCUT2D eigenvalue weighted by molar-refractivity contribution is 0.204. The molecule has 0 amide bonds. The van der Waals surface area contributed by atoms with Crippen LogP contribution in [0.15, 0.2) is 16.3 Å². The molecule has 20 heavy (non-hydrogen) atoms. The van der Waals surface area contributed by atoms with E-state index in [1.165, 1.54) is 11.3 Å². The van der Waals surface area contributed by atoms with Crippen molar-refractivity contribution < 1.29 is 8.42 Å². The summed E-state index contributed by atoms with van der Waals surface area (Å²) in [5.74, 6) is 0. The van der Waals surface area contributed by atoms with E-state index >= 15 is 0 Å². The molecule has 2 atom stereocenters. The first-order valence-electron chi connectivity index (χ1n) is 7.29. The van der Waals surface area contributed by atoms with Crippen molar-refractivity contribution in [2.24, 2.45) is 0 Å². The molecule has 1 aliphatic rings. The van der Waals surface area contributed by atoms with Gasteiger partial charge in [-0.3, -0.25) is 0 Å². The summed E-state index contributed by atoms with van der Waals surface area (Å²) in [5.41, 5.74) is 0. The van der Waals surface area contributed by atoms with Gasteiger partial charge in [0.25, 0.3) is 10.0 Å². The minimum absolute atomic E-state index is 0.100. The number of nitrogens with one attached hydrogen (secondary N) is 1. The van der Waals surface area contributed by atoms with E-state index in [0.717, 1.165) is 37.2 Å². The van der Waals surface area contributed by atoms with Crippen LogP contribution < -0.4 is 5.32 Å². The van der Waals surface area contributed by atoms with Gasteiger partial charge in [-0.2, -0.15) is 4.31 Å². The normalized spacial score (nSPS) is 24.9. The van der Waals surface area contributed by atoms with Gasteiger partial charge in [0.2, 0.25) is 0 Å². The number of thiophene rings is 1. The van der Waals surface area contributed by atoms with Gasteiger partial charge < -0.3 is 5.32 Å². The van der Waals surface area contributed by atoms with Crippen LogP contribution in [0.3, 0.4) is 0 Å². The Labute approximate surface area is 126 Å². The van der Waals surface area contributed by atoms with Gasteiger partial charge in [-0.1, -0.05) is 13.3 Å². The molecule has 1 saturated heterocycles. The van der Waals surface area contributed by atoms with E-state index < -0.39 is 10.0 Å². The lowest BCUT2D eigenvalue weighted by Gasteiger charge is -2.37. The van der Waals surface area contributed by atoms with Crippen molar-refractivity contribution in [3.8, 4) is 0 Å². The number of sulfonamides is 1. The summed E-state index contributed by atoms with van der Waals surface area (Å²) in [4.78, 5) is 1.07. The highest BCUT2D eigenvalue weighted by Gasteiger charge is 2.36. The molecule has 1 aromatic heterocycles. The summed E-state index contributed by atoms with van der Waals surface area (Å²) in [7, 11) is -3.34. The lowest BCUT2D eigenvalue weighted by Crippen LogP contribution is -2.47. The third kappa shape index (κ3) is 3.24. The van der Waals surface area contributed by atoms with Gasteiger partial charge in [-0.25, -0.2) is 8.42 Å². The first-order valence-corrected chi connectivity index (χ1v) is 9.55. The molecular formula is C14H24N2O2S2. The van der Waals surface area contributed by atoms with Crippen LogP contribution in [-0.2, 0) is 16.6 Å². The molecule has 1 aromatic rings. The van der Waals surface area contributed by atoms with Crippen LogP contribution in [0.4, 0.5) is 0 Å². The third-order valence-corrected chi connectivity index (χ3v) is 7.51. The van der Waals surface area contributed by atoms with Crippen molar-refractivity contribution in [2.45, 2.75) is 62.9 Å². The highest BCUT2D eigenvalue weighted by molar-refractivity contribution is 7.91. The molecular weight excluding hydrogens is 292 g/mol. The Kier molecular flexibility index (Phi) is 5.23. The number of hydrogen-bond donors (Lipinski definition) is 1. The second kappa shape index (κ2) is 6.56. The van der Waals surface area contributed by atoms with Gasteiger partial charge in [-0.05, 0) is 45.4 Å². The minimum atomic E-state index is -3.34. The van der Waals surface area contributed by atoms with Crippen molar-refractivity contribution >= 4 is 21.4 Å². The largest absolute Gasteiger partial charge is 0.312 e. The van der Waals surface area contributed by atoms with Gasteiger partial charge in [-0.15, -0.1) is 11.3 Å². The van der Waals surface area contributed by atoms with E-state index in [0.29, 0.717) is 4.21 Å². The van der Waals surface area contributed by atoms with Gasteiger partial charge >= 0.3 is 0 Å². The molecule has 0 saturated carbocycles.